The van der Waals surface area contributed by atoms with Gasteiger partial charge in [0.05, 0.1) is 0 Å². The molecule has 1 rings (SSSR count). The Bertz CT molecular complexity index is 435. The van der Waals surface area contributed by atoms with Gasteiger partial charge in [-0.25, -0.2) is 0 Å². The molecule has 0 heterocycles. The van der Waals surface area contributed by atoms with Gasteiger partial charge in [0.25, 0.3) is 0 Å². The number of ketones is 1. The summed E-state index contributed by atoms with van der Waals surface area (Å²) in [5.74, 6) is -0.964. The molecule has 0 saturated carbocycles. The van der Waals surface area contributed by atoms with Crippen molar-refractivity contribution in [3.8, 4) is 0 Å². The van der Waals surface area contributed by atoms with Crippen LogP contribution in [0.4, 0.5) is 0 Å². The fraction of sp³-hybridized carbons (Fsp3) is 0.429. The molecule has 1 atom stereocenters. The maximum atomic E-state index is 11.9. The Balaban J connectivity index is 2.70. The molecule has 1 N–H and O–H groups in total. The van der Waals surface area contributed by atoms with Gasteiger partial charge in [-0.2, -0.15) is 0 Å². The minimum Gasteiger partial charge on any atom is -0.481 e. The lowest BCUT2D eigenvalue weighted by molar-refractivity contribution is -0.137. The summed E-state index contributed by atoms with van der Waals surface area (Å²) >= 11 is 0. The highest BCUT2D eigenvalue weighted by Crippen LogP contribution is 2.16. The van der Waals surface area contributed by atoms with Gasteiger partial charge < -0.3 is 5.11 Å². The number of aryl methyl sites for hydroxylation is 2. The van der Waals surface area contributed by atoms with Gasteiger partial charge in [0.15, 0.2) is 5.78 Å². The van der Waals surface area contributed by atoms with Gasteiger partial charge >= 0.3 is 5.97 Å². The average molecular weight is 234 g/mol. The number of carboxylic acid groups (broad SMARTS) is 1. The minimum atomic E-state index is -0.856. The van der Waals surface area contributed by atoms with Gasteiger partial charge in [-0.3, -0.25) is 9.59 Å². The first-order valence-electron chi connectivity index (χ1n) is 5.72. The lowest BCUT2D eigenvalue weighted by atomic mass is 9.95. The van der Waals surface area contributed by atoms with E-state index in [-0.39, 0.29) is 24.5 Å². The van der Waals surface area contributed by atoms with Crippen LogP contribution in [-0.2, 0) is 4.79 Å². The summed E-state index contributed by atoms with van der Waals surface area (Å²) in [6, 6.07) is 5.59. The second kappa shape index (κ2) is 5.62. The SMILES string of the molecule is Cc1ccc(C(=O)CC(C)CC(=O)O)cc1C. The molecule has 0 aromatic heterocycles. The number of carbonyl (C=O) groups excluding carboxylic acids is 1. The molecule has 3 nitrogen and oxygen atoms in total. The number of benzene rings is 1. The number of hydrogen-bond acceptors (Lipinski definition) is 2. The van der Waals surface area contributed by atoms with Crippen molar-refractivity contribution < 1.29 is 14.7 Å². The van der Waals surface area contributed by atoms with Gasteiger partial charge in [-0.1, -0.05) is 19.1 Å². The maximum Gasteiger partial charge on any atom is 0.303 e. The van der Waals surface area contributed by atoms with E-state index in [1.807, 2.05) is 26.0 Å². The third kappa shape index (κ3) is 4.02. The minimum absolute atomic E-state index is 0.0156. The zero-order chi connectivity index (χ0) is 13.0. The third-order valence-corrected chi connectivity index (χ3v) is 2.89. The van der Waals surface area contributed by atoms with Gasteiger partial charge in [-0.05, 0) is 37.0 Å². The molecular formula is C14H18O3. The Morgan fingerprint density at radius 2 is 1.82 bits per heavy atom. The number of hydrogen-bond donors (Lipinski definition) is 1. The van der Waals surface area contributed by atoms with Crippen molar-refractivity contribution in [2.45, 2.75) is 33.6 Å². The Kier molecular flexibility index (Phi) is 4.44. The average Bonchev–Trinajstić information content (AvgIpc) is 2.20. The van der Waals surface area contributed by atoms with Crippen molar-refractivity contribution in [2.75, 3.05) is 0 Å². The Hall–Kier alpha value is -1.64. The van der Waals surface area contributed by atoms with Crippen LogP contribution in [0.3, 0.4) is 0 Å². The first kappa shape index (κ1) is 13.4. The smallest absolute Gasteiger partial charge is 0.303 e. The molecule has 3 heteroatoms. The van der Waals surface area contributed by atoms with E-state index in [1.54, 1.807) is 13.0 Å². The normalized spacial score (nSPS) is 12.2. The predicted molar refractivity (Wildman–Crippen MR) is 66.3 cm³/mol. The van der Waals surface area contributed by atoms with E-state index < -0.39 is 5.97 Å². The van der Waals surface area contributed by atoms with Crippen molar-refractivity contribution in [1.82, 2.24) is 0 Å². The van der Waals surface area contributed by atoms with E-state index in [9.17, 15) is 9.59 Å². The molecule has 0 radical (unpaired) electrons. The van der Waals surface area contributed by atoms with E-state index in [1.165, 1.54) is 0 Å². The molecule has 0 amide bonds. The van der Waals surface area contributed by atoms with E-state index in [4.69, 9.17) is 5.11 Å². The van der Waals surface area contributed by atoms with Crippen molar-refractivity contribution in [2.24, 2.45) is 5.92 Å². The fourth-order valence-electron chi connectivity index (χ4n) is 1.72. The molecule has 1 aromatic rings. The van der Waals surface area contributed by atoms with E-state index in [2.05, 4.69) is 0 Å². The fourth-order valence-corrected chi connectivity index (χ4v) is 1.72. The quantitative estimate of drug-likeness (QED) is 0.797. The van der Waals surface area contributed by atoms with Crippen molar-refractivity contribution in [3.63, 3.8) is 0 Å². The molecule has 92 valence electrons. The first-order chi connectivity index (χ1) is 7.90. The summed E-state index contributed by atoms with van der Waals surface area (Å²) in [5, 5.41) is 8.64. The maximum absolute atomic E-state index is 11.9. The zero-order valence-electron chi connectivity index (χ0n) is 10.5. The first-order valence-corrected chi connectivity index (χ1v) is 5.72. The van der Waals surface area contributed by atoms with Crippen LogP contribution in [0.5, 0.6) is 0 Å². The van der Waals surface area contributed by atoms with Crippen LogP contribution in [0.2, 0.25) is 0 Å². The summed E-state index contributed by atoms with van der Waals surface area (Å²) in [4.78, 5) is 22.4. The highest BCUT2D eigenvalue weighted by atomic mass is 16.4. The summed E-state index contributed by atoms with van der Waals surface area (Å²) in [6.07, 6.45) is 0.325. The molecule has 0 aliphatic heterocycles. The van der Waals surface area contributed by atoms with E-state index in [0.717, 1.165) is 11.1 Å². The van der Waals surface area contributed by atoms with Gasteiger partial charge in [0.2, 0.25) is 0 Å². The molecule has 0 saturated heterocycles. The molecule has 17 heavy (non-hydrogen) atoms. The molecule has 0 aliphatic carbocycles. The van der Waals surface area contributed by atoms with Crippen LogP contribution in [0.1, 0.15) is 41.3 Å². The third-order valence-electron chi connectivity index (χ3n) is 2.89. The molecule has 0 bridgehead atoms. The summed E-state index contributed by atoms with van der Waals surface area (Å²) in [7, 11) is 0. The van der Waals surface area contributed by atoms with Crippen LogP contribution in [0.15, 0.2) is 18.2 Å². The van der Waals surface area contributed by atoms with Crippen molar-refractivity contribution in [1.29, 1.82) is 0 Å². The standard InChI is InChI=1S/C14H18O3/c1-9(7-14(16)17)6-13(15)12-5-4-10(2)11(3)8-12/h4-5,8-9H,6-7H2,1-3H3,(H,16,17). The summed E-state index contributed by atoms with van der Waals surface area (Å²) in [5.41, 5.74) is 2.91. The van der Waals surface area contributed by atoms with Gasteiger partial charge in [0.1, 0.15) is 0 Å². The Labute approximate surface area is 101 Å². The van der Waals surface area contributed by atoms with Crippen LogP contribution < -0.4 is 0 Å². The summed E-state index contributed by atoms with van der Waals surface area (Å²) in [6.45, 7) is 5.75. The van der Waals surface area contributed by atoms with Crippen LogP contribution >= 0.6 is 0 Å². The number of aliphatic carboxylic acids is 1. The van der Waals surface area contributed by atoms with E-state index >= 15 is 0 Å². The second-order valence-electron chi connectivity index (χ2n) is 4.63. The van der Waals surface area contributed by atoms with Crippen LogP contribution in [0, 0.1) is 19.8 Å². The molecule has 0 aliphatic rings. The number of carboxylic acids is 1. The van der Waals surface area contributed by atoms with E-state index in [0.29, 0.717) is 5.56 Å². The highest BCUT2D eigenvalue weighted by molar-refractivity contribution is 5.96. The molecule has 1 aromatic carbocycles. The zero-order valence-corrected chi connectivity index (χ0v) is 10.5. The van der Waals surface area contributed by atoms with Gasteiger partial charge in [0, 0.05) is 18.4 Å². The second-order valence-corrected chi connectivity index (χ2v) is 4.63. The van der Waals surface area contributed by atoms with Gasteiger partial charge in [-0.15, -0.1) is 0 Å². The monoisotopic (exact) mass is 234 g/mol. The molecule has 0 spiro atoms. The van der Waals surface area contributed by atoms with Crippen LogP contribution in [0.25, 0.3) is 0 Å². The predicted octanol–water partition coefficient (Wildman–Crippen LogP) is 2.99. The van der Waals surface area contributed by atoms with Crippen molar-refractivity contribution >= 4 is 11.8 Å². The molecular weight excluding hydrogens is 216 g/mol. The summed E-state index contributed by atoms with van der Waals surface area (Å²) < 4.78 is 0. The topological polar surface area (TPSA) is 54.4 Å². The number of carbonyl (C=O) groups is 2. The Morgan fingerprint density at radius 1 is 1.18 bits per heavy atom. The highest BCUT2D eigenvalue weighted by Gasteiger charge is 2.14. The lowest BCUT2D eigenvalue weighted by Crippen LogP contribution is -2.10. The number of Topliss-reactive ketones (excluding diaryl/α,β-unsaturated/α-hetero) is 1. The largest absolute Gasteiger partial charge is 0.481 e. The molecule has 0 fully saturated rings. The lowest BCUT2D eigenvalue weighted by Gasteiger charge is -2.08. The van der Waals surface area contributed by atoms with Crippen molar-refractivity contribution in [3.05, 3.63) is 34.9 Å². The molecule has 1 unspecified atom stereocenters. The Morgan fingerprint density at radius 3 is 2.35 bits per heavy atom. The van der Waals surface area contributed by atoms with Crippen LogP contribution in [-0.4, -0.2) is 16.9 Å². The number of rotatable bonds is 5.